The Morgan fingerprint density at radius 2 is 1.69 bits per heavy atom. The largest absolute Gasteiger partial charge is 0.481 e. The number of piperazine rings is 1. The number of aliphatic imine (C=N–C) groups is 1. The maximum Gasteiger partial charge on any atom is 0.322 e. The molecule has 4 rings (SSSR count). The summed E-state index contributed by atoms with van der Waals surface area (Å²) in [5.74, 6) is -0.361. The van der Waals surface area contributed by atoms with E-state index in [2.05, 4.69) is 10.6 Å². The lowest BCUT2D eigenvalue weighted by Crippen LogP contribution is -2.55. The maximum absolute atomic E-state index is 13.3. The van der Waals surface area contributed by atoms with Crippen molar-refractivity contribution in [3.05, 3.63) is 95.6 Å². The number of carboxylic acids is 1. The van der Waals surface area contributed by atoms with Gasteiger partial charge in [0.05, 0.1) is 11.7 Å². The maximum atomic E-state index is 13.3. The Bertz CT molecular complexity index is 1320. The first-order valence-corrected chi connectivity index (χ1v) is 12.5. The number of hydrogen-bond acceptors (Lipinski definition) is 5. The molecule has 3 aromatic rings. The second-order valence-corrected chi connectivity index (χ2v) is 8.87. The van der Waals surface area contributed by atoms with E-state index in [4.69, 9.17) is 20.6 Å². The van der Waals surface area contributed by atoms with Crippen LogP contribution >= 0.6 is 0 Å². The fourth-order valence-corrected chi connectivity index (χ4v) is 4.13. The van der Waals surface area contributed by atoms with Gasteiger partial charge in [-0.15, -0.1) is 0 Å². The minimum atomic E-state index is -0.833. The van der Waals surface area contributed by atoms with Crippen LogP contribution in [0.5, 0.6) is 0 Å². The molecule has 0 saturated carbocycles. The van der Waals surface area contributed by atoms with E-state index in [1.54, 1.807) is 0 Å². The number of nitrogens with one attached hydrogen (secondary N) is 2. The van der Waals surface area contributed by atoms with E-state index < -0.39 is 5.97 Å². The van der Waals surface area contributed by atoms with Crippen molar-refractivity contribution in [1.29, 1.82) is 5.26 Å². The molecule has 202 valence electrons. The van der Waals surface area contributed by atoms with Crippen molar-refractivity contribution >= 4 is 29.3 Å². The van der Waals surface area contributed by atoms with E-state index in [1.807, 2.05) is 102 Å². The molecule has 1 atom stereocenters. The number of benzene rings is 3. The van der Waals surface area contributed by atoms with E-state index >= 15 is 0 Å². The number of carboxylic acid groups (broad SMARTS) is 1. The molecular weight excluding hydrogens is 494 g/mol. The van der Waals surface area contributed by atoms with Crippen LogP contribution in [0.15, 0.2) is 83.9 Å². The summed E-state index contributed by atoms with van der Waals surface area (Å²) in [4.78, 5) is 30.9. The molecule has 1 heterocycles. The summed E-state index contributed by atoms with van der Waals surface area (Å²) < 4.78 is 0. The lowest BCUT2D eigenvalue weighted by Gasteiger charge is -2.42. The molecule has 10 nitrogen and oxygen atoms in total. The number of carbonyl (C=O) groups excluding carboxylic acids is 1. The number of amides is 2. The van der Waals surface area contributed by atoms with Crippen LogP contribution in [0.4, 0.5) is 16.2 Å². The number of aryl methyl sites for hydroxylation is 1. The number of anilines is 1. The number of para-hydroxylation sites is 1. The molecule has 0 bridgehead atoms. The first-order valence-electron chi connectivity index (χ1n) is 12.5. The highest BCUT2D eigenvalue weighted by Gasteiger charge is 2.33. The molecule has 5 N–H and O–H groups in total. The highest BCUT2D eigenvalue weighted by molar-refractivity contribution is 5.90. The Balaban J connectivity index is 0.000000983. The fourth-order valence-electron chi connectivity index (χ4n) is 4.13. The summed E-state index contributed by atoms with van der Waals surface area (Å²) in [7, 11) is 0. The zero-order valence-electron chi connectivity index (χ0n) is 22.0. The minimum Gasteiger partial charge on any atom is -0.481 e. The van der Waals surface area contributed by atoms with Gasteiger partial charge in [0, 0.05) is 38.8 Å². The van der Waals surface area contributed by atoms with Crippen LogP contribution in [0.25, 0.3) is 0 Å². The van der Waals surface area contributed by atoms with Crippen LogP contribution < -0.4 is 16.4 Å². The van der Waals surface area contributed by atoms with Crippen LogP contribution in [-0.2, 0) is 11.3 Å². The van der Waals surface area contributed by atoms with Crippen molar-refractivity contribution in [2.45, 2.75) is 26.4 Å². The van der Waals surface area contributed by atoms with Crippen molar-refractivity contribution in [3.8, 4) is 6.19 Å². The Morgan fingerprint density at radius 3 is 2.31 bits per heavy atom. The molecule has 39 heavy (non-hydrogen) atoms. The summed E-state index contributed by atoms with van der Waals surface area (Å²) in [6, 6.07) is 24.8. The van der Waals surface area contributed by atoms with E-state index in [1.165, 1.54) is 0 Å². The molecule has 10 heteroatoms. The van der Waals surface area contributed by atoms with Crippen LogP contribution in [0.2, 0.25) is 0 Å². The van der Waals surface area contributed by atoms with Gasteiger partial charge in [0.1, 0.15) is 0 Å². The molecular formula is C29H33N7O3. The van der Waals surface area contributed by atoms with Crippen molar-refractivity contribution in [3.63, 3.8) is 0 Å². The number of urea groups is 1. The molecule has 0 spiro atoms. The SMILES string of the molecule is CC(=O)O.Cc1ccccc1N=C(NC#N)N1CCN(C(=O)Nc2ccc(CN)cc2)C(c2ccccc2)C1. The second-order valence-electron chi connectivity index (χ2n) is 8.87. The van der Waals surface area contributed by atoms with Crippen LogP contribution in [-0.4, -0.2) is 52.5 Å². The molecule has 0 radical (unpaired) electrons. The predicted molar refractivity (Wildman–Crippen MR) is 151 cm³/mol. The van der Waals surface area contributed by atoms with Gasteiger partial charge in [0.2, 0.25) is 5.96 Å². The second kappa shape index (κ2) is 14.2. The Labute approximate surface area is 228 Å². The Kier molecular flexibility index (Phi) is 10.4. The van der Waals surface area contributed by atoms with Gasteiger partial charge in [-0.1, -0.05) is 60.7 Å². The van der Waals surface area contributed by atoms with Crippen molar-refractivity contribution in [2.24, 2.45) is 10.7 Å². The Morgan fingerprint density at radius 1 is 1.05 bits per heavy atom. The third-order valence-electron chi connectivity index (χ3n) is 6.08. The van der Waals surface area contributed by atoms with E-state index in [0.29, 0.717) is 32.1 Å². The average molecular weight is 528 g/mol. The number of nitrogens with two attached hydrogens (primary N) is 1. The lowest BCUT2D eigenvalue weighted by atomic mass is 10.0. The van der Waals surface area contributed by atoms with Crippen molar-refractivity contribution < 1.29 is 14.7 Å². The molecule has 1 aliphatic heterocycles. The van der Waals surface area contributed by atoms with Gasteiger partial charge in [-0.05, 0) is 41.8 Å². The summed E-state index contributed by atoms with van der Waals surface area (Å²) in [5.41, 5.74) is 10.2. The lowest BCUT2D eigenvalue weighted by molar-refractivity contribution is -0.134. The van der Waals surface area contributed by atoms with Gasteiger partial charge < -0.3 is 26.0 Å². The fraction of sp³-hybridized carbons (Fsp3) is 0.241. The van der Waals surface area contributed by atoms with E-state index in [9.17, 15) is 10.1 Å². The van der Waals surface area contributed by atoms with Gasteiger partial charge in [-0.2, -0.15) is 5.26 Å². The topological polar surface area (TPSA) is 147 Å². The number of rotatable bonds is 4. The normalized spacial score (nSPS) is 14.9. The first-order chi connectivity index (χ1) is 18.8. The minimum absolute atomic E-state index is 0.176. The number of hydrogen-bond donors (Lipinski definition) is 4. The zero-order valence-corrected chi connectivity index (χ0v) is 22.0. The number of nitriles is 1. The number of carbonyl (C=O) groups is 2. The number of aliphatic carboxylic acids is 1. The van der Waals surface area contributed by atoms with Crippen molar-refractivity contribution in [2.75, 3.05) is 25.0 Å². The van der Waals surface area contributed by atoms with Crippen LogP contribution in [0, 0.1) is 18.4 Å². The van der Waals surface area contributed by atoms with Gasteiger partial charge in [-0.25, -0.2) is 9.79 Å². The summed E-state index contributed by atoms with van der Waals surface area (Å²) in [5, 5.41) is 22.6. The van der Waals surface area contributed by atoms with Gasteiger partial charge >= 0.3 is 6.03 Å². The molecule has 1 aliphatic rings. The third kappa shape index (κ3) is 8.31. The predicted octanol–water partition coefficient (Wildman–Crippen LogP) is 4.19. The zero-order chi connectivity index (χ0) is 28.2. The van der Waals surface area contributed by atoms with E-state index in [0.717, 1.165) is 35.0 Å². The standard InChI is InChI=1S/C27H29N7O.C2H4O2/c1-20-7-5-6-10-24(20)32-26(30-19-29)33-15-16-34(25(18-33)22-8-3-2-4-9-22)27(35)31-23-13-11-21(17-28)12-14-23;1-2(3)4/h2-14,25H,15-18,28H2,1H3,(H,30,32)(H,31,35);1H3,(H,3,4). The monoisotopic (exact) mass is 527 g/mol. The van der Waals surface area contributed by atoms with Gasteiger partial charge in [-0.3, -0.25) is 10.1 Å². The van der Waals surface area contributed by atoms with Crippen LogP contribution in [0.3, 0.4) is 0 Å². The molecule has 1 saturated heterocycles. The summed E-state index contributed by atoms with van der Waals surface area (Å²) in [6.07, 6.45) is 2.01. The smallest absolute Gasteiger partial charge is 0.322 e. The third-order valence-corrected chi connectivity index (χ3v) is 6.08. The van der Waals surface area contributed by atoms with Crippen LogP contribution in [0.1, 0.15) is 29.7 Å². The highest BCUT2D eigenvalue weighted by atomic mass is 16.4. The molecule has 0 aliphatic carbocycles. The van der Waals surface area contributed by atoms with Gasteiger partial charge in [0.15, 0.2) is 6.19 Å². The molecule has 0 aromatic heterocycles. The molecule has 1 fully saturated rings. The molecule has 1 unspecified atom stereocenters. The number of guanidine groups is 1. The average Bonchev–Trinajstić information content (AvgIpc) is 2.94. The summed E-state index contributed by atoms with van der Waals surface area (Å²) in [6.45, 7) is 5.00. The first kappa shape index (κ1) is 28.7. The number of nitrogens with zero attached hydrogens (tertiary/aromatic N) is 4. The van der Waals surface area contributed by atoms with E-state index in [-0.39, 0.29) is 12.1 Å². The Hall–Kier alpha value is -4.88. The van der Waals surface area contributed by atoms with Crippen molar-refractivity contribution in [1.82, 2.24) is 15.1 Å². The quantitative estimate of drug-likeness (QED) is 0.172. The molecule has 2 amide bonds. The molecule has 3 aromatic carbocycles. The highest BCUT2D eigenvalue weighted by Crippen LogP contribution is 2.27. The van der Waals surface area contributed by atoms with Gasteiger partial charge in [0.25, 0.3) is 5.97 Å². The summed E-state index contributed by atoms with van der Waals surface area (Å²) >= 11 is 0.